The lowest BCUT2D eigenvalue weighted by Crippen LogP contribution is -2.25. The second-order valence-electron chi connectivity index (χ2n) is 6.15. The molecule has 4 rings (SSSR count). The molecule has 0 fully saturated rings. The van der Waals surface area contributed by atoms with Gasteiger partial charge in [-0.15, -0.1) is 0 Å². The number of hydrogen-bond donors (Lipinski definition) is 1. The van der Waals surface area contributed by atoms with Crippen molar-refractivity contribution < 1.29 is 4.79 Å². The molecule has 134 valence electrons. The Labute approximate surface area is 161 Å². The second kappa shape index (κ2) is 7.55. The third kappa shape index (κ3) is 3.80. The van der Waals surface area contributed by atoms with Gasteiger partial charge in [-0.3, -0.25) is 14.5 Å². The zero-order valence-electron chi connectivity index (χ0n) is 14.8. The minimum absolute atomic E-state index is 0.152. The molecule has 0 saturated carbocycles. The number of thiophene rings is 1. The van der Waals surface area contributed by atoms with Crippen LogP contribution >= 0.6 is 11.3 Å². The monoisotopic (exact) mass is 374 g/mol. The van der Waals surface area contributed by atoms with Gasteiger partial charge in [0.25, 0.3) is 5.91 Å². The van der Waals surface area contributed by atoms with E-state index in [0.29, 0.717) is 12.2 Å². The average molecular weight is 374 g/mol. The Balaban J connectivity index is 1.47. The van der Waals surface area contributed by atoms with Crippen LogP contribution in [0.25, 0.3) is 22.5 Å². The first-order chi connectivity index (χ1) is 13.2. The highest BCUT2D eigenvalue weighted by molar-refractivity contribution is 7.08. The highest BCUT2D eigenvalue weighted by Gasteiger charge is 2.14. The number of pyridine rings is 1. The first-order valence-electron chi connectivity index (χ1n) is 8.56. The van der Waals surface area contributed by atoms with Gasteiger partial charge >= 0.3 is 0 Å². The van der Waals surface area contributed by atoms with Crippen molar-refractivity contribution in [3.8, 4) is 22.5 Å². The Morgan fingerprint density at radius 3 is 2.70 bits per heavy atom. The summed E-state index contributed by atoms with van der Waals surface area (Å²) in [4.78, 5) is 17.0. The third-order valence-electron chi connectivity index (χ3n) is 4.28. The number of amides is 1. The zero-order valence-corrected chi connectivity index (χ0v) is 15.6. The molecule has 0 unspecified atom stereocenters. The van der Waals surface area contributed by atoms with E-state index >= 15 is 0 Å². The van der Waals surface area contributed by atoms with Gasteiger partial charge in [0.2, 0.25) is 0 Å². The Kier molecular flexibility index (Phi) is 4.80. The molecule has 0 aliphatic rings. The minimum Gasteiger partial charge on any atom is -0.347 e. The van der Waals surface area contributed by atoms with Crippen LogP contribution in [0.15, 0.2) is 71.6 Å². The van der Waals surface area contributed by atoms with Crippen LogP contribution < -0.4 is 5.32 Å². The fraction of sp³-hybridized carbons (Fsp3) is 0.0952. The lowest BCUT2D eigenvalue weighted by atomic mass is 10.1. The van der Waals surface area contributed by atoms with Gasteiger partial charge in [0.15, 0.2) is 0 Å². The van der Waals surface area contributed by atoms with Gasteiger partial charge in [-0.1, -0.05) is 30.3 Å². The quantitative estimate of drug-likeness (QED) is 0.571. The van der Waals surface area contributed by atoms with E-state index in [2.05, 4.69) is 20.8 Å². The highest BCUT2D eigenvalue weighted by Crippen LogP contribution is 2.21. The minimum atomic E-state index is -0.152. The van der Waals surface area contributed by atoms with E-state index in [4.69, 9.17) is 0 Å². The number of rotatable bonds is 5. The van der Waals surface area contributed by atoms with Crippen molar-refractivity contribution in [3.63, 3.8) is 0 Å². The number of hydrogen-bond acceptors (Lipinski definition) is 4. The SMILES string of the molecule is Cn1nc(-c2ccccc2)cc1C(=O)NCc1ccnc(-c2ccsc2)c1. The Hall–Kier alpha value is -3.25. The number of carbonyl (C=O) groups is 1. The summed E-state index contributed by atoms with van der Waals surface area (Å²) in [6, 6.07) is 17.6. The Morgan fingerprint density at radius 1 is 1.07 bits per heavy atom. The topological polar surface area (TPSA) is 59.8 Å². The van der Waals surface area contributed by atoms with Gasteiger partial charge < -0.3 is 5.32 Å². The fourth-order valence-corrected chi connectivity index (χ4v) is 3.50. The van der Waals surface area contributed by atoms with Gasteiger partial charge in [0, 0.05) is 36.3 Å². The number of benzene rings is 1. The molecule has 3 heterocycles. The molecule has 1 aromatic carbocycles. The third-order valence-corrected chi connectivity index (χ3v) is 4.96. The molecule has 0 atom stereocenters. The Bertz CT molecular complexity index is 1060. The fourth-order valence-electron chi connectivity index (χ4n) is 2.85. The van der Waals surface area contributed by atoms with E-state index in [1.165, 1.54) is 0 Å². The van der Waals surface area contributed by atoms with Gasteiger partial charge in [-0.2, -0.15) is 16.4 Å². The molecule has 27 heavy (non-hydrogen) atoms. The average Bonchev–Trinajstić information content (AvgIpc) is 3.37. The number of nitrogens with zero attached hydrogens (tertiary/aromatic N) is 3. The maximum Gasteiger partial charge on any atom is 0.269 e. The molecule has 1 N–H and O–H groups in total. The molecular weight excluding hydrogens is 356 g/mol. The summed E-state index contributed by atoms with van der Waals surface area (Å²) in [6.07, 6.45) is 1.77. The molecule has 0 aliphatic carbocycles. The molecule has 1 amide bonds. The molecule has 0 radical (unpaired) electrons. The van der Waals surface area contributed by atoms with Crippen molar-refractivity contribution in [1.82, 2.24) is 20.1 Å². The smallest absolute Gasteiger partial charge is 0.269 e. The normalized spacial score (nSPS) is 10.7. The van der Waals surface area contributed by atoms with Crippen LogP contribution in [0.2, 0.25) is 0 Å². The highest BCUT2D eigenvalue weighted by atomic mass is 32.1. The van der Waals surface area contributed by atoms with Crippen molar-refractivity contribution in [3.05, 3.63) is 82.8 Å². The van der Waals surface area contributed by atoms with E-state index in [1.54, 1.807) is 29.3 Å². The summed E-state index contributed by atoms with van der Waals surface area (Å²) in [6.45, 7) is 0.435. The molecule has 6 heteroatoms. The number of nitrogens with one attached hydrogen (secondary N) is 1. The molecule has 4 aromatic rings. The predicted octanol–water partition coefficient (Wildman–Crippen LogP) is 4.14. The van der Waals surface area contributed by atoms with Crippen LogP contribution in [0.5, 0.6) is 0 Å². The molecule has 5 nitrogen and oxygen atoms in total. The molecule has 0 bridgehead atoms. The van der Waals surface area contributed by atoms with Crippen molar-refractivity contribution in [2.45, 2.75) is 6.54 Å². The van der Waals surface area contributed by atoms with Crippen LogP contribution in [-0.2, 0) is 13.6 Å². The van der Waals surface area contributed by atoms with E-state index in [-0.39, 0.29) is 5.91 Å². The molecule has 0 saturated heterocycles. The van der Waals surface area contributed by atoms with Gasteiger partial charge in [-0.25, -0.2) is 0 Å². The summed E-state index contributed by atoms with van der Waals surface area (Å²) in [5, 5.41) is 11.5. The number of aromatic nitrogens is 3. The van der Waals surface area contributed by atoms with Crippen molar-refractivity contribution in [1.29, 1.82) is 0 Å². The van der Waals surface area contributed by atoms with Gasteiger partial charge in [0.1, 0.15) is 5.69 Å². The van der Waals surface area contributed by atoms with Crippen LogP contribution in [0.1, 0.15) is 16.1 Å². The zero-order chi connectivity index (χ0) is 18.6. The van der Waals surface area contributed by atoms with E-state index < -0.39 is 0 Å². The predicted molar refractivity (Wildman–Crippen MR) is 107 cm³/mol. The van der Waals surface area contributed by atoms with Crippen LogP contribution in [0.3, 0.4) is 0 Å². The maximum atomic E-state index is 12.6. The van der Waals surface area contributed by atoms with E-state index in [0.717, 1.165) is 28.1 Å². The largest absolute Gasteiger partial charge is 0.347 e. The first kappa shape index (κ1) is 17.2. The number of aryl methyl sites for hydroxylation is 1. The summed E-state index contributed by atoms with van der Waals surface area (Å²) in [5.74, 6) is -0.152. The second-order valence-corrected chi connectivity index (χ2v) is 6.93. The molecule has 3 aromatic heterocycles. The molecular formula is C21H18N4OS. The van der Waals surface area contributed by atoms with Crippen molar-refractivity contribution >= 4 is 17.2 Å². The molecule has 0 spiro atoms. The first-order valence-corrected chi connectivity index (χ1v) is 9.50. The van der Waals surface area contributed by atoms with E-state index in [1.807, 2.05) is 60.0 Å². The van der Waals surface area contributed by atoms with Gasteiger partial charge in [0.05, 0.1) is 11.4 Å². The maximum absolute atomic E-state index is 12.6. The van der Waals surface area contributed by atoms with Crippen LogP contribution in [0.4, 0.5) is 0 Å². The summed E-state index contributed by atoms with van der Waals surface area (Å²) < 4.78 is 1.61. The van der Waals surface area contributed by atoms with Crippen molar-refractivity contribution in [2.75, 3.05) is 0 Å². The lowest BCUT2D eigenvalue weighted by Gasteiger charge is -2.06. The molecule has 0 aliphatic heterocycles. The van der Waals surface area contributed by atoms with Crippen molar-refractivity contribution in [2.24, 2.45) is 7.05 Å². The van der Waals surface area contributed by atoms with Crippen LogP contribution in [0, 0.1) is 0 Å². The summed E-state index contributed by atoms with van der Waals surface area (Å²) >= 11 is 1.64. The Morgan fingerprint density at radius 2 is 1.93 bits per heavy atom. The summed E-state index contributed by atoms with van der Waals surface area (Å²) in [5.41, 5.74) is 5.31. The van der Waals surface area contributed by atoms with E-state index in [9.17, 15) is 4.79 Å². The number of carbonyl (C=O) groups excluding carboxylic acids is 1. The van der Waals surface area contributed by atoms with Crippen LogP contribution in [-0.4, -0.2) is 20.7 Å². The lowest BCUT2D eigenvalue weighted by molar-refractivity contribution is 0.0941. The standard InChI is InChI=1S/C21H18N4OS/c1-25-20(12-19(24-25)16-5-3-2-4-6-16)21(26)23-13-15-7-9-22-18(11-15)17-8-10-27-14-17/h2-12,14H,13H2,1H3,(H,23,26). The van der Waals surface area contributed by atoms with Gasteiger partial charge in [-0.05, 0) is 35.2 Å². The summed E-state index contributed by atoms with van der Waals surface area (Å²) in [7, 11) is 1.78.